The molecule has 4 rings (SSSR count). The lowest BCUT2D eigenvalue weighted by atomic mass is 9.66. The van der Waals surface area contributed by atoms with Crippen LogP contribution in [0, 0.1) is 17.8 Å². The van der Waals surface area contributed by atoms with Crippen LogP contribution in [0.5, 0.6) is 0 Å². The van der Waals surface area contributed by atoms with E-state index in [9.17, 15) is 19.5 Å². The van der Waals surface area contributed by atoms with Crippen LogP contribution in [0.4, 0.5) is 0 Å². The summed E-state index contributed by atoms with van der Waals surface area (Å²) < 4.78 is -0.686. The molecule has 0 aliphatic carbocycles. The number of carbonyl (C=O) groups excluding carboxylic acids is 3. The van der Waals surface area contributed by atoms with Crippen LogP contribution in [-0.2, 0) is 14.4 Å². The summed E-state index contributed by atoms with van der Waals surface area (Å²) in [5, 5.41) is 16.7. The summed E-state index contributed by atoms with van der Waals surface area (Å²) in [5.74, 6) is -1.39. The molecule has 3 saturated heterocycles. The van der Waals surface area contributed by atoms with Crippen LogP contribution in [0.15, 0.2) is 30.3 Å². The van der Waals surface area contributed by atoms with Gasteiger partial charge in [-0.1, -0.05) is 57.5 Å². The minimum absolute atomic E-state index is 0.0191. The van der Waals surface area contributed by atoms with Gasteiger partial charge in [-0.05, 0) is 37.7 Å². The Morgan fingerprint density at radius 2 is 1.91 bits per heavy atom. The fourth-order valence-electron chi connectivity index (χ4n) is 6.62. The van der Waals surface area contributed by atoms with Gasteiger partial charge in [-0.15, -0.1) is 11.8 Å². The van der Waals surface area contributed by atoms with E-state index in [0.717, 1.165) is 31.2 Å². The van der Waals surface area contributed by atoms with Crippen molar-refractivity contribution in [1.82, 2.24) is 15.5 Å². The standard InChI is InChI=1S/C27H39N3O4S/c1-5-10-17(4)29-25(33)23-27-16(3)14-20(35-27)21(24(32)28-13-6-2)22(27)26(34)30(23)19(15-31)18-11-8-7-9-12-18/h7-9,11-12,16-17,19-23,31H,5-6,10,13-15H2,1-4H3,(H,28,32)(H,29,33)/t16?,17?,19-,20-,21+,22+,23?,27?/m1/s1. The smallest absolute Gasteiger partial charge is 0.244 e. The first-order chi connectivity index (χ1) is 16.8. The molecule has 8 atom stereocenters. The molecular weight excluding hydrogens is 462 g/mol. The van der Waals surface area contributed by atoms with E-state index in [0.29, 0.717) is 6.54 Å². The Bertz CT molecular complexity index is 944. The van der Waals surface area contributed by atoms with Gasteiger partial charge in [0.15, 0.2) is 0 Å². The highest BCUT2D eigenvalue weighted by atomic mass is 32.2. The molecule has 3 heterocycles. The van der Waals surface area contributed by atoms with E-state index in [2.05, 4.69) is 24.5 Å². The largest absolute Gasteiger partial charge is 0.394 e. The second kappa shape index (κ2) is 10.5. The number of likely N-dealkylation sites (tertiary alicyclic amines) is 1. The zero-order valence-electron chi connectivity index (χ0n) is 21.2. The van der Waals surface area contributed by atoms with E-state index in [1.807, 2.05) is 44.2 Å². The number of fused-ring (bicyclic) bond motifs is 1. The normalized spacial score (nSPS) is 32.9. The molecular formula is C27H39N3O4S. The Labute approximate surface area is 212 Å². The molecule has 1 spiro atoms. The summed E-state index contributed by atoms with van der Waals surface area (Å²) in [4.78, 5) is 43.1. The highest BCUT2D eigenvalue weighted by molar-refractivity contribution is 8.02. The monoisotopic (exact) mass is 501 g/mol. The molecule has 0 aromatic heterocycles. The SMILES string of the molecule is CCCNC(=O)[C@@H]1[C@H]2C(=O)N([C@H](CO)c3ccccc3)C(C(=O)NC(C)CCC)C23S[C@@H]1CC3C. The third kappa shape index (κ3) is 4.26. The van der Waals surface area contributed by atoms with Gasteiger partial charge in [0.2, 0.25) is 17.7 Å². The Morgan fingerprint density at radius 1 is 1.20 bits per heavy atom. The molecule has 1 aromatic carbocycles. The van der Waals surface area contributed by atoms with Crippen LogP contribution >= 0.6 is 11.8 Å². The molecule has 1 aromatic rings. The summed E-state index contributed by atoms with van der Waals surface area (Å²) in [6.07, 6.45) is 3.41. The Hall–Kier alpha value is -2.06. The Balaban J connectivity index is 1.79. The number of aliphatic hydroxyl groups is 1. The number of benzene rings is 1. The van der Waals surface area contributed by atoms with E-state index in [1.165, 1.54) is 0 Å². The topological polar surface area (TPSA) is 98.7 Å². The van der Waals surface area contributed by atoms with Gasteiger partial charge in [0, 0.05) is 17.8 Å². The first-order valence-corrected chi connectivity index (χ1v) is 13.9. The Kier molecular flexibility index (Phi) is 7.81. The van der Waals surface area contributed by atoms with E-state index in [4.69, 9.17) is 0 Å². The number of nitrogens with one attached hydrogen (secondary N) is 2. The minimum atomic E-state index is -0.745. The average molecular weight is 502 g/mol. The van der Waals surface area contributed by atoms with Crippen molar-refractivity contribution in [1.29, 1.82) is 0 Å². The number of hydrogen-bond donors (Lipinski definition) is 3. The first kappa shape index (κ1) is 26.0. The van der Waals surface area contributed by atoms with Gasteiger partial charge in [0.25, 0.3) is 0 Å². The number of nitrogens with zero attached hydrogens (tertiary/aromatic N) is 1. The van der Waals surface area contributed by atoms with Crippen molar-refractivity contribution in [3.63, 3.8) is 0 Å². The number of rotatable bonds is 10. The molecule has 192 valence electrons. The van der Waals surface area contributed by atoms with Crippen molar-refractivity contribution < 1.29 is 19.5 Å². The maximum absolute atomic E-state index is 14.2. The van der Waals surface area contributed by atoms with Crippen molar-refractivity contribution in [3.8, 4) is 0 Å². The van der Waals surface area contributed by atoms with Crippen LogP contribution < -0.4 is 10.6 Å². The van der Waals surface area contributed by atoms with Gasteiger partial charge in [-0.3, -0.25) is 14.4 Å². The van der Waals surface area contributed by atoms with Crippen molar-refractivity contribution in [2.45, 2.75) is 81.5 Å². The minimum Gasteiger partial charge on any atom is -0.394 e. The fourth-order valence-corrected chi connectivity index (χ4v) is 9.03. The number of hydrogen-bond acceptors (Lipinski definition) is 5. The number of carbonyl (C=O) groups is 3. The summed E-state index contributed by atoms with van der Waals surface area (Å²) in [6.45, 7) is 8.47. The third-order valence-corrected chi connectivity index (χ3v) is 10.2. The van der Waals surface area contributed by atoms with E-state index in [1.54, 1.807) is 16.7 Å². The molecule has 8 heteroatoms. The zero-order chi connectivity index (χ0) is 25.3. The van der Waals surface area contributed by atoms with E-state index < -0.39 is 28.7 Å². The van der Waals surface area contributed by atoms with Crippen molar-refractivity contribution in [2.75, 3.05) is 13.2 Å². The van der Waals surface area contributed by atoms with Crippen molar-refractivity contribution in [2.24, 2.45) is 17.8 Å². The molecule has 2 bridgehead atoms. The van der Waals surface area contributed by atoms with Crippen LogP contribution in [-0.4, -0.2) is 63.0 Å². The van der Waals surface area contributed by atoms with Gasteiger partial charge in [0.1, 0.15) is 6.04 Å². The predicted molar refractivity (Wildman–Crippen MR) is 138 cm³/mol. The lowest BCUT2D eigenvalue weighted by Gasteiger charge is -2.40. The van der Waals surface area contributed by atoms with Gasteiger partial charge in [-0.25, -0.2) is 0 Å². The highest BCUT2D eigenvalue weighted by Crippen LogP contribution is 2.69. The van der Waals surface area contributed by atoms with Crippen LogP contribution in [0.1, 0.15) is 65.0 Å². The fraction of sp³-hybridized carbons (Fsp3) is 0.667. The van der Waals surface area contributed by atoms with Crippen LogP contribution in [0.3, 0.4) is 0 Å². The molecule has 4 unspecified atom stereocenters. The summed E-state index contributed by atoms with van der Waals surface area (Å²) in [5.41, 5.74) is 0.790. The number of amides is 3. The maximum atomic E-state index is 14.2. The molecule has 3 amide bonds. The molecule has 0 radical (unpaired) electrons. The summed E-state index contributed by atoms with van der Waals surface area (Å²) >= 11 is 1.67. The lowest BCUT2D eigenvalue weighted by Crippen LogP contribution is -2.58. The second-order valence-corrected chi connectivity index (χ2v) is 11.9. The predicted octanol–water partition coefficient (Wildman–Crippen LogP) is 2.89. The second-order valence-electron chi connectivity index (χ2n) is 10.4. The quantitative estimate of drug-likeness (QED) is 0.458. The molecule has 3 N–H and O–H groups in total. The van der Waals surface area contributed by atoms with Gasteiger partial charge >= 0.3 is 0 Å². The van der Waals surface area contributed by atoms with Crippen molar-refractivity contribution in [3.05, 3.63) is 35.9 Å². The van der Waals surface area contributed by atoms with E-state index in [-0.39, 0.29) is 41.5 Å². The van der Waals surface area contributed by atoms with E-state index >= 15 is 0 Å². The van der Waals surface area contributed by atoms with Gasteiger partial charge in [0.05, 0.1) is 29.2 Å². The van der Waals surface area contributed by atoms with Crippen molar-refractivity contribution >= 4 is 29.5 Å². The summed E-state index contributed by atoms with van der Waals surface area (Å²) in [7, 11) is 0. The first-order valence-electron chi connectivity index (χ1n) is 13.1. The summed E-state index contributed by atoms with van der Waals surface area (Å²) in [6, 6.07) is 7.99. The highest BCUT2D eigenvalue weighted by Gasteiger charge is 2.76. The number of aliphatic hydroxyl groups excluding tert-OH is 1. The molecule has 0 saturated carbocycles. The number of thioether (sulfide) groups is 1. The molecule has 35 heavy (non-hydrogen) atoms. The lowest BCUT2D eigenvalue weighted by molar-refractivity contribution is -0.143. The molecule has 3 aliphatic heterocycles. The molecule has 3 aliphatic rings. The van der Waals surface area contributed by atoms with Crippen LogP contribution in [0.25, 0.3) is 0 Å². The van der Waals surface area contributed by atoms with Crippen LogP contribution in [0.2, 0.25) is 0 Å². The molecule has 7 nitrogen and oxygen atoms in total. The van der Waals surface area contributed by atoms with Gasteiger partial charge in [-0.2, -0.15) is 0 Å². The molecule has 3 fully saturated rings. The third-order valence-electron chi connectivity index (χ3n) is 8.09. The zero-order valence-corrected chi connectivity index (χ0v) is 22.0. The maximum Gasteiger partial charge on any atom is 0.244 e. The van der Waals surface area contributed by atoms with Gasteiger partial charge < -0.3 is 20.6 Å². The average Bonchev–Trinajstić information content (AvgIpc) is 3.43. The Morgan fingerprint density at radius 3 is 2.54 bits per heavy atom.